The summed E-state index contributed by atoms with van der Waals surface area (Å²) in [5.41, 5.74) is -2.51. The molecule has 0 radical (unpaired) electrons. The number of carbonyl (C=O) groups excluding carboxylic acids is 1. The number of methoxy groups -OCH3 is 1. The predicted octanol–water partition coefficient (Wildman–Crippen LogP) is 2.63. The molecule has 0 aliphatic carbocycles. The molecule has 0 heterocycles. The van der Waals surface area contributed by atoms with E-state index in [9.17, 15) is 14.3 Å². The Morgan fingerprint density at radius 3 is 2.40 bits per heavy atom. The Balaban J connectivity index is 3.21. The van der Waals surface area contributed by atoms with Crippen molar-refractivity contribution in [2.45, 2.75) is 33.3 Å². The molecule has 0 amide bonds. The van der Waals surface area contributed by atoms with Crippen molar-refractivity contribution in [2.75, 3.05) is 13.7 Å². The van der Waals surface area contributed by atoms with Crippen LogP contribution in [0.4, 0.5) is 4.39 Å². The lowest BCUT2D eigenvalue weighted by Gasteiger charge is -2.38. The van der Waals surface area contributed by atoms with Crippen LogP contribution in [0, 0.1) is 11.2 Å². The molecule has 0 aliphatic heterocycles. The highest BCUT2D eigenvalue weighted by atomic mass is 19.1. The third kappa shape index (κ3) is 2.77. The predicted molar refractivity (Wildman–Crippen MR) is 72.9 cm³/mol. The first-order valence-corrected chi connectivity index (χ1v) is 6.42. The van der Waals surface area contributed by atoms with Crippen molar-refractivity contribution in [3.63, 3.8) is 0 Å². The molecule has 1 rings (SSSR count). The number of halogens is 1. The van der Waals surface area contributed by atoms with Gasteiger partial charge in [-0.2, -0.15) is 0 Å². The summed E-state index contributed by atoms with van der Waals surface area (Å²) < 4.78 is 23.6. The van der Waals surface area contributed by atoms with Gasteiger partial charge >= 0.3 is 5.97 Å². The van der Waals surface area contributed by atoms with E-state index in [0.717, 1.165) is 0 Å². The SMILES string of the molecule is CCOC(=O)C(C)(C)C(C)(O)c1ccc(OC)c(F)c1. The van der Waals surface area contributed by atoms with Gasteiger partial charge in [-0.3, -0.25) is 4.79 Å². The average molecular weight is 284 g/mol. The summed E-state index contributed by atoms with van der Waals surface area (Å²) in [5.74, 6) is -1.05. The topological polar surface area (TPSA) is 55.8 Å². The van der Waals surface area contributed by atoms with E-state index in [1.807, 2.05) is 0 Å². The first-order valence-electron chi connectivity index (χ1n) is 6.42. The van der Waals surface area contributed by atoms with Crippen LogP contribution < -0.4 is 4.74 Å². The van der Waals surface area contributed by atoms with Gasteiger partial charge in [0.25, 0.3) is 0 Å². The number of rotatable bonds is 5. The molecule has 0 saturated carbocycles. The second kappa shape index (κ2) is 5.79. The zero-order chi connectivity index (χ0) is 15.6. The van der Waals surface area contributed by atoms with Crippen LogP contribution >= 0.6 is 0 Å². The van der Waals surface area contributed by atoms with Crippen LogP contribution in [-0.4, -0.2) is 24.8 Å². The molecule has 20 heavy (non-hydrogen) atoms. The zero-order valence-corrected chi connectivity index (χ0v) is 12.5. The molecule has 5 heteroatoms. The van der Waals surface area contributed by atoms with Crippen LogP contribution in [0.1, 0.15) is 33.3 Å². The summed E-state index contributed by atoms with van der Waals surface area (Å²) in [7, 11) is 1.36. The van der Waals surface area contributed by atoms with E-state index < -0.39 is 22.8 Å². The summed E-state index contributed by atoms with van der Waals surface area (Å²) in [4.78, 5) is 12.0. The van der Waals surface area contributed by atoms with Gasteiger partial charge in [0.05, 0.1) is 19.1 Å². The van der Waals surface area contributed by atoms with Crippen molar-refractivity contribution in [1.29, 1.82) is 0 Å². The van der Waals surface area contributed by atoms with Crippen LogP contribution in [0.2, 0.25) is 0 Å². The Bertz CT molecular complexity index is 495. The average Bonchev–Trinajstić information content (AvgIpc) is 2.38. The molecule has 1 aromatic carbocycles. The summed E-state index contributed by atoms with van der Waals surface area (Å²) in [6.07, 6.45) is 0. The molecular weight excluding hydrogens is 263 g/mol. The largest absolute Gasteiger partial charge is 0.494 e. The molecule has 1 unspecified atom stereocenters. The molecule has 0 fully saturated rings. The molecule has 1 aromatic rings. The van der Waals surface area contributed by atoms with Crippen LogP contribution in [0.25, 0.3) is 0 Å². The van der Waals surface area contributed by atoms with Crippen molar-refractivity contribution in [3.8, 4) is 5.75 Å². The minimum atomic E-state index is -1.58. The van der Waals surface area contributed by atoms with Crippen molar-refractivity contribution < 1.29 is 23.8 Å². The third-order valence-corrected chi connectivity index (χ3v) is 3.72. The summed E-state index contributed by atoms with van der Waals surface area (Å²) >= 11 is 0. The maximum absolute atomic E-state index is 13.8. The Morgan fingerprint density at radius 2 is 1.95 bits per heavy atom. The van der Waals surface area contributed by atoms with Crippen LogP contribution in [0.3, 0.4) is 0 Å². The number of hydrogen-bond acceptors (Lipinski definition) is 4. The molecular formula is C15H21FO4. The minimum Gasteiger partial charge on any atom is -0.494 e. The molecule has 0 aromatic heterocycles. The number of benzene rings is 1. The summed E-state index contributed by atoms with van der Waals surface area (Å²) in [6.45, 7) is 6.50. The normalized spacial score (nSPS) is 14.6. The standard InChI is InChI=1S/C15H21FO4/c1-6-20-13(17)14(2,3)15(4,18)10-7-8-12(19-5)11(16)9-10/h7-9,18H,6H2,1-5H3. The highest BCUT2D eigenvalue weighted by Gasteiger charge is 2.48. The Morgan fingerprint density at radius 1 is 1.35 bits per heavy atom. The van der Waals surface area contributed by atoms with Gasteiger partial charge in [-0.1, -0.05) is 6.07 Å². The number of aliphatic hydroxyl groups is 1. The summed E-state index contributed by atoms with van der Waals surface area (Å²) in [5, 5.41) is 10.7. The molecule has 4 nitrogen and oxygen atoms in total. The Hall–Kier alpha value is -1.62. The molecule has 1 atom stereocenters. The molecule has 0 spiro atoms. The maximum Gasteiger partial charge on any atom is 0.314 e. The lowest BCUT2D eigenvalue weighted by Crippen LogP contribution is -2.46. The number of ether oxygens (including phenoxy) is 2. The van der Waals surface area contributed by atoms with Gasteiger partial charge in [0.15, 0.2) is 11.6 Å². The van der Waals surface area contributed by atoms with Gasteiger partial charge in [0.1, 0.15) is 5.60 Å². The fourth-order valence-electron chi connectivity index (χ4n) is 1.84. The molecule has 0 aliphatic rings. The molecule has 0 bridgehead atoms. The van der Waals surface area contributed by atoms with Crippen molar-refractivity contribution in [1.82, 2.24) is 0 Å². The smallest absolute Gasteiger partial charge is 0.314 e. The van der Waals surface area contributed by atoms with E-state index in [1.165, 1.54) is 32.2 Å². The van der Waals surface area contributed by atoms with E-state index in [2.05, 4.69) is 0 Å². The first-order chi connectivity index (χ1) is 9.18. The van der Waals surface area contributed by atoms with Crippen LogP contribution in [-0.2, 0) is 15.1 Å². The van der Waals surface area contributed by atoms with E-state index >= 15 is 0 Å². The first kappa shape index (κ1) is 16.4. The number of carbonyl (C=O) groups is 1. The fraction of sp³-hybridized carbons (Fsp3) is 0.533. The van der Waals surface area contributed by atoms with Crippen molar-refractivity contribution >= 4 is 5.97 Å². The quantitative estimate of drug-likeness (QED) is 0.844. The van der Waals surface area contributed by atoms with E-state index in [1.54, 1.807) is 20.8 Å². The summed E-state index contributed by atoms with van der Waals surface area (Å²) in [6, 6.07) is 4.11. The van der Waals surface area contributed by atoms with Gasteiger partial charge in [-0.05, 0) is 45.4 Å². The minimum absolute atomic E-state index is 0.0819. The Labute approximate surface area is 118 Å². The lowest BCUT2D eigenvalue weighted by molar-refractivity contribution is -0.170. The van der Waals surface area contributed by atoms with Crippen LogP contribution in [0.5, 0.6) is 5.75 Å². The van der Waals surface area contributed by atoms with E-state index in [-0.39, 0.29) is 17.9 Å². The number of hydrogen-bond donors (Lipinski definition) is 1. The highest BCUT2D eigenvalue weighted by molar-refractivity contribution is 5.77. The zero-order valence-electron chi connectivity index (χ0n) is 12.5. The Kier molecular flexibility index (Phi) is 4.76. The third-order valence-electron chi connectivity index (χ3n) is 3.72. The van der Waals surface area contributed by atoms with Gasteiger partial charge in [0.2, 0.25) is 0 Å². The second-order valence-corrected chi connectivity index (χ2v) is 5.27. The highest BCUT2D eigenvalue weighted by Crippen LogP contribution is 2.41. The maximum atomic E-state index is 13.8. The van der Waals surface area contributed by atoms with Gasteiger partial charge in [-0.25, -0.2) is 4.39 Å². The van der Waals surface area contributed by atoms with E-state index in [4.69, 9.17) is 9.47 Å². The molecule has 1 N–H and O–H groups in total. The number of esters is 1. The molecule has 112 valence electrons. The van der Waals surface area contributed by atoms with Gasteiger partial charge < -0.3 is 14.6 Å². The van der Waals surface area contributed by atoms with Gasteiger partial charge in [0, 0.05) is 0 Å². The lowest BCUT2D eigenvalue weighted by atomic mass is 9.72. The van der Waals surface area contributed by atoms with Gasteiger partial charge in [-0.15, -0.1) is 0 Å². The van der Waals surface area contributed by atoms with Crippen molar-refractivity contribution in [2.24, 2.45) is 5.41 Å². The second-order valence-electron chi connectivity index (χ2n) is 5.27. The fourth-order valence-corrected chi connectivity index (χ4v) is 1.84. The molecule has 0 saturated heterocycles. The monoisotopic (exact) mass is 284 g/mol. The van der Waals surface area contributed by atoms with E-state index in [0.29, 0.717) is 0 Å². The van der Waals surface area contributed by atoms with Crippen molar-refractivity contribution in [3.05, 3.63) is 29.6 Å². The van der Waals surface area contributed by atoms with Crippen LogP contribution in [0.15, 0.2) is 18.2 Å².